The van der Waals surface area contributed by atoms with E-state index in [4.69, 9.17) is 4.52 Å². The molecule has 158 valence electrons. The van der Waals surface area contributed by atoms with Crippen LogP contribution in [0.15, 0.2) is 59.4 Å². The molecule has 0 unspecified atom stereocenters. The molecular weight excluding hydrogens is 393 g/mol. The molecule has 0 radical (unpaired) electrons. The number of nitrogens with one attached hydrogen (secondary N) is 1. The zero-order valence-electron chi connectivity index (χ0n) is 17.4. The fourth-order valence-corrected chi connectivity index (χ4v) is 3.99. The Kier molecular flexibility index (Phi) is 5.34. The van der Waals surface area contributed by atoms with Gasteiger partial charge in [-0.2, -0.15) is 4.98 Å². The molecule has 4 aromatic rings. The van der Waals surface area contributed by atoms with Crippen LogP contribution in [-0.2, 0) is 6.54 Å². The molecule has 0 aliphatic carbocycles. The predicted octanol–water partition coefficient (Wildman–Crippen LogP) is 5.40. The Hall–Kier alpha value is -3.32. The van der Waals surface area contributed by atoms with Gasteiger partial charge in [-0.15, -0.1) is 0 Å². The van der Waals surface area contributed by atoms with E-state index in [0.29, 0.717) is 22.6 Å². The molecule has 0 saturated carbocycles. The summed E-state index contributed by atoms with van der Waals surface area (Å²) in [6, 6.07) is 14.5. The lowest BCUT2D eigenvalue weighted by molar-refractivity contribution is 0.185. The Morgan fingerprint density at radius 3 is 2.52 bits per heavy atom. The normalized spacial score (nSPS) is 15.4. The molecule has 6 nitrogen and oxygen atoms in total. The molecule has 1 N–H and O–H groups in total. The van der Waals surface area contributed by atoms with Gasteiger partial charge < -0.3 is 9.84 Å². The number of hydrogen-bond acceptors (Lipinski definition) is 6. The molecule has 1 aliphatic heterocycles. The van der Waals surface area contributed by atoms with E-state index < -0.39 is 0 Å². The van der Waals surface area contributed by atoms with Crippen LogP contribution in [0.5, 0.6) is 0 Å². The predicted molar refractivity (Wildman–Crippen MR) is 118 cm³/mol. The fourth-order valence-electron chi connectivity index (χ4n) is 3.99. The maximum absolute atomic E-state index is 13.3. The van der Waals surface area contributed by atoms with E-state index in [9.17, 15) is 4.39 Å². The summed E-state index contributed by atoms with van der Waals surface area (Å²) in [7, 11) is 0. The van der Waals surface area contributed by atoms with E-state index in [-0.39, 0.29) is 5.82 Å². The summed E-state index contributed by atoms with van der Waals surface area (Å²) in [4.78, 5) is 11.1. The molecule has 31 heavy (non-hydrogen) atoms. The van der Waals surface area contributed by atoms with Gasteiger partial charge in [0.15, 0.2) is 0 Å². The SMILES string of the molecule is CC1CCN(Cc2ccc(Nc3ncnc4onc(-c5ccc(F)cc5)c34)cc2)CC1. The number of fused-ring (bicyclic) bond motifs is 1. The first-order valence-electron chi connectivity index (χ1n) is 10.6. The van der Waals surface area contributed by atoms with Gasteiger partial charge in [-0.05, 0) is 73.8 Å². The molecule has 2 aromatic carbocycles. The number of hydrogen-bond donors (Lipinski definition) is 1. The largest absolute Gasteiger partial charge is 0.339 e. The van der Waals surface area contributed by atoms with E-state index >= 15 is 0 Å². The lowest BCUT2D eigenvalue weighted by atomic mass is 9.99. The maximum atomic E-state index is 13.3. The average Bonchev–Trinajstić information content (AvgIpc) is 3.22. The van der Waals surface area contributed by atoms with Crippen LogP contribution >= 0.6 is 0 Å². The van der Waals surface area contributed by atoms with Gasteiger partial charge >= 0.3 is 0 Å². The molecule has 0 bridgehead atoms. The van der Waals surface area contributed by atoms with E-state index in [2.05, 4.69) is 56.5 Å². The number of benzene rings is 2. The zero-order chi connectivity index (χ0) is 21.2. The van der Waals surface area contributed by atoms with Gasteiger partial charge in [0.25, 0.3) is 5.71 Å². The summed E-state index contributed by atoms with van der Waals surface area (Å²) in [5, 5.41) is 8.16. The molecule has 1 fully saturated rings. The number of halogens is 1. The van der Waals surface area contributed by atoms with Gasteiger partial charge in [-0.3, -0.25) is 4.90 Å². The van der Waals surface area contributed by atoms with Gasteiger partial charge in [-0.1, -0.05) is 24.2 Å². The molecule has 1 aliphatic rings. The summed E-state index contributed by atoms with van der Waals surface area (Å²) >= 11 is 0. The maximum Gasteiger partial charge on any atom is 0.263 e. The number of nitrogens with zero attached hydrogens (tertiary/aromatic N) is 4. The van der Waals surface area contributed by atoms with Gasteiger partial charge in [-0.25, -0.2) is 9.37 Å². The van der Waals surface area contributed by atoms with Gasteiger partial charge in [0.2, 0.25) is 0 Å². The van der Waals surface area contributed by atoms with Crippen molar-refractivity contribution in [1.29, 1.82) is 0 Å². The lowest BCUT2D eigenvalue weighted by Crippen LogP contribution is -2.32. The smallest absolute Gasteiger partial charge is 0.263 e. The zero-order valence-corrected chi connectivity index (χ0v) is 17.4. The van der Waals surface area contributed by atoms with Crippen LogP contribution in [-0.4, -0.2) is 33.1 Å². The van der Waals surface area contributed by atoms with Crippen molar-refractivity contribution in [2.24, 2.45) is 5.92 Å². The molecule has 3 heterocycles. The molecule has 5 rings (SSSR count). The van der Waals surface area contributed by atoms with E-state index in [1.807, 2.05) is 0 Å². The molecule has 1 saturated heterocycles. The highest BCUT2D eigenvalue weighted by Gasteiger charge is 2.18. The van der Waals surface area contributed by atoms with Crippen molar-refractivity contribution in [3.05, 3.63) is 66.2 Å². The highest BCUT2D eigenvalue weighted by molar-refractivity contribution is 5.98. The van der Waals surface area contributed by atoms with Crippen LogP contribution in [0, 0.1) is 11.7 Å². The van der Waals surface area contributed by atoms with E-state index in [1.165, 1.54) is 50.0 Å². The second-order valence-corrected chi connectivity index (χ2v) is 8.22. The molecule has 0 spiro atoms. The summed E-state index contributed by atoms with van der Waals surface area (Å²) in [5.41, 5.74) is 3.92. The van der Waals surface area contributed by atoms with E-state index in [0.717, 1.165) is 23.7 Å². The lowest BCUT2D eigenvalue weighted by Gasteiger charge is -2.30. The Morgan fingerprint density at radius 2 is 1.77 bits per heavy atom. The highest BCUT2D eigenvalue weighted by atomic mass is 19.1. The van der Waals surface area contributed by atoms with Crippen LogP contribution in [0.1, 0.15) is 25.3 Å². The summed E-state index contributed by atoms with van der Waals surface area (Å²) in [6.45, 7) is 5.64. The minimum Gasteiger partial charge on any atom is -0.339 e. The number of anilines is 2. The number of aromatic nitrogens is 3. The van der Waals surface area contributed by atoms with Crippen LogP contribution < -0.4 is 5.32 Å². The fraction of sp³-hybridized carbons (Fsp3) is 0.292. The monoisotopic (exact) mass is 417 g/mol. The van der Waals surface area contributed by atoms with Crippen molar-refractivity contribution >= 4 is 22.6 Å². The second kappa shape index (κ2) is 8.43. The van der Waals surface area contributed by atoms with E-state index in [1.54, 1.807) is 12.1 Å². The third-order valence-electron chi connectivity index (χ3n) is 5.89. The number of piperidine rings is 1. The number of likely N-dealkylation sites (tertiary alicyclic amines) is 1. The molecule has 7 heteroatoms. The highest BCUT2D eigenvalue weighted by Crippen LogP contribution is 2.32. The molecule has 0 atom stereocenters. The van der Waals surface area contributed by atoms with Crippen LogP contribution in [0.25, 0.3) is 22.4 Å². The summed E-state index contributed by atoms with van der Waals surface area (Å²) in [5.74, 6) is 1.14. The molecule has 0 amide bonds. The van der Waals surface area contributed by atoms with Crippen LogP contribution in [0.2, 0.25) is 0 Å². The summed E-state index contributed by atoms with van der Waals surface area (Å²) < 4.78 is 18.7. The second-order valence-electron chi connectivity index (χ2n) is 8.22. The Labute approximate surface area is 180 Å². The Bertz CT molecular complexity index is 1170. The average molecular weight is 417 g/mol. The van der Waals surface area contributed by atoms with Gasteiger partial charge in [0.05, 0.1) is 0 Å². The summed E-state index contributed by atoms with van der Waals surface area (Å²) in [6.07, 6.45) is 3.99. The minimum atomic E-state index is -0.301. The van der Waals surface area contributed by atoms with Crippen LogP contribution in [0.3, 0.4) is 0 Å². The van der Waals surface area contributed by atoms with Crippen molar-refractivity contribution < 1.29 is 8.91 Å². The first-order chi connectivity index (χ1) is 15.2. The van der Waals surface area contributed by atoms with Crippen molar-refractivity contribution in [3.63, 3.8) is 0 Å². The third kappa shape index (κ3) is 4.27. The topological polar surface area (TPSA) is 67.1 Å². The number of rotatable bonds is 5. The third-order valence-corrected chi connectivity index (χ3v) is 5.89. The van der Waals surface area contributed by atoms with Crippen molar-refractivity contribution in [2.75, 3.05) is 18.4 Å². The quantitative estimate of drug-likeness (QED) is 0.469. The van der Waals surface area contributed by atoms with Crippen LogP contribution in [0.4, 0.5) is 15.9 Å². The van der Waals surface area contributed by atoms with Crippen molar-refractivity contribution in [3.8, 4) is 11.3 Å². The molecule has 2 aromatic heterocycles. The first-order valence-corrected chi connectivity index (χ1v) is 10.6. The Morgan fingerprint density at radius 1 is 1.03 bits per heavy atom. The van der Waals surface area contributed by atoms with Crippen molar-refractivity contribution in [2.45, 2.75) is 26.3 Å². The molecular formula is C24H24FN5O. The van der Waals surface area contributed by atoms with Gasteiger partial charge in [0.1, 0.15) is 29.0 Å². The van der Waals surface area contributed by atoms with Crippen molar-refractivity contribution in [1.82, 2.24) is 20.0 Å². The Balaban J connectivity index is 1.37. The first kappa shape index (κ1) is 19.6. The van der Waals surface area contributed by atoms with Gasteiger partial charge in [0, 0.05) is 17.8 Å². The standard InChI is InChI=1S/C24H24FN5O/c1-16-10-12-30(13-11-16)14-17-2-8-20(9-3-17)28-23-21-22(18-4-6-19(25)7-5-18)29-31-24(21)27-15-26-23/h2-9,15-16H,10-14H2,1H3,(H,26,27,28). The minimum absolute atomic E-state index is 0.301.